The lowest BCUT2D eigenvalue weighted by molar-refractivity contribution is -0.384. The van der Waals surface area contributed by atoms with Crippen LogP contribution in [0.1, 0.15) is 45.2 Å². The van der Waals surface area contributed by atoms with E-state index in [9.17, 15) is 19.7 Å². The summed E-state index contributed by atoms with van der Waals surface area (Å²) in [5.74, 6) is -1.19. The highest BCUT2D eigenvalue weighted by atomic mass is 16.6. The Hall–Kier alpha value is -3.26. The second kappa shape index (κ2) is 9.49. The van der Waals surface area contributed by atoms with Gasteiger partial charge in [0.05, 0.1) is 17.6 Å². The van der Waals surface area contributed by atoms with Crippen molar-refractivity contribution < 1.29 is 19.2 Å². The van der Waals surface area contributed by atoms with Crippen LogP contribution in [0.4, 0.5) is 5.69 Å². The Labute approximate surface area is 175 Å². The van der Waals surface area contributed by atoms with Gasteiger partial charge in [0.2, 0.25) is 0 Å². The van der Waals surface area contributed by atoms with Crippen LogP contribution in [0.3, 0.4) is 0 Å². The van der Waals surface area contributed by atoms with Crippen LogP contribution in [0.15, 0.2) is 42.5 Å². The van der Waals surface area contributed by atoms with Crippen molar-refractivity contribution >= 4 is 17.6 Å². The molecule has 1 aliphatic heterocycles. The van der Waals surface area contributed by atoms with Gasteiger partial charge in [0, 0.05) is 43.4 Å². The lowest BCUT2D eigenvalue weighted by atomic mass is 9.98. The lowest BCUT2D eigenvalue weighted by Crippen LogP contribution is -2.45. The van der Waals surface area contributed by atoms with Gasteiger partial charge in [-0.15, -0.1) is 0 Å². The maximum absolute atomic E-state index is 12.7. The predicted octanol–water partition coefficient (Wildman–Crippen LogP) is 2.95. The first-order valence-electron chi connectivity index (χ1n) is 9.89. The van der Waals surface area contributed by atoms with Crippen LogP contribution in [0, 0.1) is 10.1 Å². The Bertz CT molecular complexity index is 960. The van der Waals surface area contributed by atoms with Gasteiger partial charge in [-0.25, -0.2) is 4.79 Å². The number of rotatable bonds is 7. The number of carbonyl (C=O) groups excluding carboxylic acids is 2. The van der Waals surface area contributed by atoms with Crippen molar-refractivity contribution in [1.29, 1.82) is 0 Å². The number of nitrogens with zero attached hydrogens (tertiary/aromatic N) is 2. The second-order valence-corrected chi connectivity index (χ2v) is 7.28. The topological polar surface area (TPSA) is 102 Å². The molecule has 0 aliphatic carbocycles. The summed E-state index contributed by atoms with van der Waals surface area (Å²) >= 11 is 0. The minimum atomic E-state index is -0.730. The summed E-state index contributed by atoms with van der Waals surface area (Å²) in [5, 5.41) is 14.0. The van der Waals surface area contributed by atoms with E-state index in [1.165, 1.54) is 30.4 Å². The normalized spacial score (nSPS) is 14.5. The molecule has 0 bridgehead atoms. The van der Waals surface area contributed by atoms with Crippen molar-refractivity contribution in [2.24, 2.45) is 0 Å². The zero-order chi connectivity index (χ0) is 21.7. The number of nitro groups is 1. The van der Waals surface area contributed by atoms with Crippen molar-refractivity contribution in [3.05, 3.63) is 74.8 Å². The second-order valence-electron chi connectivity index (χ2n) is 7.28. The largest absolute Gasteiger partial charge is 0.465 e. The Morgan fingerprint density at radius 3 is 2.57 bits per heavy atom. The fourth-order valence-electron chi connectivity index (χ4n) is 3.76. The Morgan fingerprint density at radius 1 is 1.20 bits per heavy atom. The first-order chi connectivity index (χ1) is 14.4. The highest BCUT2D eigenvalue weighted by Gasteiger charge is 2.24. The monoisotopic (exact) mass is 411 g/mol. The van der Waals surface area contributed by atoms with Crippen molar-refractivity contribution in [2.75, 3.05) is 20.2 Å². The van der Waals surface area contributed by atoms with E-state index >= 15 is 0 Å². The van der Waals surface area contributed by atoms with Gasteiger partial charge in [-0.05, 0) is 30.0 Å². The molecule has 8 nitrogen and oxygen atoms in total. The third-order valence-electron chi connectivity index (χ3n) is 5.46. The highest BCUT2D eigenvalue weighted by molar-refractivity contribution is 5.99. The van der Waals surface area contributed by atoms with Gasteiger partial charge in [0.1, 0.15) is 0 Å². The van der Waals surface area contributed by atoms with Crippen molar-refractivity contribution in [3.63, 3.8) is 0 Å². The molecule has 2 aromatic rings. The van der Waals surface area contributed by atoms with Crippen LogP contribution in [0.25, 0.3) is 0 Å². The molecule has 0 spiro atoms. The molecular formula is C22H25N3O5. The SMILES string of the molecule is CCC(CNC(=O)c1cc(C(=O)OC)cc([N+](=O)[O-])c1)N1CCc2ccccc2C1. The van der Waals surface area contributed by atoms with Crippen LogP contribution in [0.2, 0.25) is 0 Å². The summed E-state index contributed by atoms with van der Waals surface area (Å²) in [5.41, 5.74) is 2.36. The summed E-state index contributed by atoms with van der Waals surface area (Å²) in [6.07, 6.45) is 1.82. The number of benzene rings is 2. The molecule has 3 rings (SSSR count). The van der Waals surface area contributed by atoms with Crippen LogP contribution >= 0.6 is 0 Å². The Balaban J connectivity index is 1.70. The van der Waals surface area contributed by atoms with Gasteiger partial charge < -0.3 is 10.1 Å². The van der Waals surface area contributed by atoms with Gasteiger partial charge in [-0.2, -0.15) is 0 Å². The molecular weight excluding hydrogens is 386 g/mol. The molecule has 0 radical (unpaired) electrons. The van der Waals surface area contributed by atoms with Crippen LogP contribution in [-0.2, 0) is 17.7 Å². The molecule has 0 aromatic heterocycles. The molecule has 1 N–H and O–H groups in total. The number of hydrogen-bond donors (Lipinski definition) is 1. The quantitative estimate of drug-likeness (QED) is 0.427. The zero-order valence-electron chi connectivity index (χ0n) is 17.1. The number of carbonyl (C=O) groups is 2. The van der Waals surface area contributed by atoms with Crippen molar-refractivity contribution in [2.45, 2.75) is 32.4 Å². The molecule has 1 atom stereocenters. The van der Waals surface area contributed by atoms with E-state index in [4.69, 9.17) is 0 Å². The number of nitrogens with one attached hydrogen (secondary N) is 1. The van der Waals surface area contributed by atoms with Gasteiger partial charge >= 0.3 is 5.97 Å². The highest BCUT2D eigenvalue weighted by Crippen LogP contribution is 2.22. The molecule has 1 heterocycles. The average molecular weight is 411 g/mol. The van der Waals surface area contributed by atoms with Crippen LogP contribution in [0.5, 0.6) is 0 Å². The van der Waals surface area contributed by atoms with Gasteiger partial charge in [0.15, 0.2) is 0 Å². The number of methoxy groups -OCH3 is 1. The predicted molar refractivity (Wildman–Crippen MR) is 111 cm³/mol. The van der Waals surface area contributed by atoms with Gasteiger partial charge in [0.25, 0.3) is 11.6 Å². The summed E-state index contributed by atoms with van der Waals surface area (Å²) in [6.45, 7) is 4.22. The molecule has 8 heteroatoms. The number of non-ortho nitro benzene ring substituents is 1. The fourth-order valence-corrected chi connectivity index (χ4v) is 3.76. The van der Waals surface area contributed by atoms with E-state index in [1.54, 1.807) is 0 Å². The van der Waals surface area contributed by atoms with E-state index in [1.807, 2.05) is 12.1 Å². The van der Waals surface area contributed by atoms with E-state index < -0.39 is 16.8 Å². The number of nitro benzene ring substituents is 1. The molecule has 30 heavy (non-hydrogen) atoms. The molecule has 0 fully saturated rings. The minimum Gasteiger partial charge on any atom is -0.465 e. The standard InChI is InChI=1S/C22H25N3O5/c1-3-19(24-9-8-15-6-4-5-7-16(15)14-24)13-23-21(26)17-10-18(22(27)30-2)12-20(11-17)25(28)29/h4-7,10-12,19H,3,8-9,13-14H2,1-2H3,(H,23,26). The molecule has 2 aromatic carbocycles. The fraction of sp³-hybridized carbons (Fsp3) is 0.364. The van der Waals surface area contributed by atoms with E-state index in [-0.39, 0.29) is 22.9 Å². The van der Waals surface area contributed by atoms with E-state index in [0.29, 0.717) is 6.54 Å². The maximum atomic E-state index is 12.7. The number of ether oxygens (including phenoxy) is 1. The van der Waals surface area contributed by atoms with Crippen molar-refractivity contribution in [3.8, 4) is 0 Å². The van der Waals surface area contributed by atoms with E-state index in [2.05, 4.69) is 34.0 Å². The summed E-state index contributed by atoms with van der Waals surface area (Å²) < 4.78 is 4.63. The number of fused-ring (bicyclic) bond motifs is 1. The Kier molecular flexibility index (Phi) is 6.79. The third-order valence-corrected chi connectivity index (χ3v) is 5.46. The van der Waals surface area contributed by atoms with E-state index in [0.717, 1.165) is 32.0 Å². The van der Waals surface area contributed by atoms with Crippen LogP contribution in [-0.4, -0.2) is 47.9 Å². The number of amides is 1. The lowest BCUT2D eigenvalue weighted by Gasteiger charge is -2.35. The zero-order valence-corrected chi connectivity index (χ0v) is 17.1. The number of esters is 1. The summed E-state index contributed by atoms with van der Waals surface area (Å²) in [6, 6.07) is 12.1. The molecule has 0 saturated carbocycles. The van der Waals surface area contributed by atoms with Crippen LogP contribution < -0.4 is 5.32 Å². The molecule has 1 unspecified atom stereocenters. The molecule has 1 aliphatic rings. The third kappa shape index (κ3) is 4.83. The van der Waals surface area contributed by atoms with Crippen molar-refractivity contribution in [1.82, 2.24) is 10.2 Å². The molecule has 158 valence electrons. The molecule has 0 saturated heterocycles. The summed E-state index contributed by atoms with van der Waals surface area (Å²) in [4.78, 5) is 37.4. The Morgan fingerprint density at radius 2 is 1.90 bits per heavy atom. The van der Waals surface area contributed by atoms with Gasteiger partial charge in [-0.1, -0.05) is 31.2 Å². The maximum Gasteiger partial charge on any atom is 0.338 e. The average Bonchev–Trinajstić information content (AvgIpc) is 2.78. The van der Waals surface area contributed by atoms with Gasteiger partial charge in [-0.3, -0.25) is 19.8 Å². The summed E-state index contributed by atoms with van der Waals surface area (Å²) in [7, 11) is 1.18. The minimum absolute atomic E-state index is 0.0310. The molecule has 1 amide bonds. The first kappa shape index (κ1) is 21.4. The number of hydrogen-bond acceptors (Lipinski definition) is 6. The first-order valence-corrected chi connectivity index (χ1v) is 9.89. The smallest absolute Gasteiger partial charge is 0.338 e.